The average molecular weight is 337 g/mol. The molecule has 7 nitrogen and oxygen atoms in total. The van der Waals surface area contributed by atoms with Crippen LogP contribution in [0.25, 0.3) is 11.0 Å². The molecule has 3 heterocycles. The average Bonchev–Trinajstić information content (AvgIpc) is 2.79. The Balaban J connectivity index is 2.13. The summed E-state index contributed by atoms with van der Waals surface area (Å²) in [5, 5.41) is 5.11. The standard InChI is InChI=1S/C14H10ClFN4O3/c15-6-3-7-10-8(4-6)17-9(5-16)11(21)20(10)2-1-14(7)12(22)18-13(23)19-14/h3-4H,1-2,5H2,(H2,18,19,22,23). The Morgan fingerprint density at radius 2 is 2.13 bits per heavy atom. The molecule has 2 aromatic rings. The molecule has 4 rings (SSSR count). The van der Waals surface area contributed by atoms with Gasteiger partial charge in [0.2, 0.25) is 0 Å². The normalized spacial score (nSPS) is 22.5. The van der Waals surface area contributed by atoms with Crippen molar-refractivity contribution in [2.24, 2.45) is 0 Å². The first-order valence-electron chi connectivity index (χ1n) is 6.89. The van der Waals surface area contributed by atoms with E-state index in [4.69, 9.17) is 11.6 Å². The number of imide groups is 1. The summed E-state index contributed by atoms with van der Waals surface area (Å²) in [6.45, 7) is -0.827. The van der Waals surface area contributed by atoms with Crippen molar-refractivity contribution in [2.45, 2.75) is 25.2 Å². The highest BCUT2D eigenvalue weighted by Gasteiger charge is 2.50. The fourth-order valence-corrected chi connectivity index (χ4v) is 3.51. The third kappa shape index (κ3) is 1.75. The zero-order chi connectivity index (χ0) is 16.4. The molecule has 1 aromatic heterocycles. The minimum absolute atomic E-state index is 0.160. The lowest BCUT2D eigenvalue weighted by Gasteiger charge is -2.33. The van der Waals surface area contributed by atoms with Crippen LogP contribution in [-0.4, -0.2) is 21.5 Å². The van der Waals surface area contributed by atoms with E-state index in [9.17, 15) is 18.8 Å². The van der Waals surface area contributed by atoms with Crippen molar-refractivity contribution in [3.8, 4) is 0 Å². The molecule has 1 aromatic carbocycles. The summed E-state index contributed by atoms with van der Waals surface area (Å²) in [6.07, 6.45) is 0.169. The highest BCUT2D eigenvalue weighted by Crippen LogP contribution is 2.38. The van der Waals surface area contributed by atoms with Crippen molar-refractivity contribution in [3.63, 3.8) is 0 Å². The lowest BCUT2D eigenvalue weighted by atomic mass is 9.83. The summed E-state index contributed by atoms with van der Waals surface area (Å²) < 4.78 is 14.4. The fraction of sp³-hybridized carbons (Fsp3) is 0.286. The van der Waals surface area contributed by atoms with Crippen molar-refractivity contribution < 1.29 is 14.0 Å². The summed E-state index contributed by atoms with van der Waals surface area (Å²) in [5.74, 6) is -0.501. The summed E-state index contributed by atoms with van der Waals surface area (Å²) in [4.78, 5) is 40.2. The minimum Gasteiger partial charge on any atom is -0.319 e. The number of amides is 3. The molecule has 2 aliphatic rings. The van der Waals surface area contributed by atoms with Gasteiger partial charge in [-0.05, 0) is 12.1 Å². The topological polar surface area (TPSA) is 93.1 Å². The monoisotopic (exact) mass is 336 g/mol. The van der Waals surface area contributed by atoms with E-state index >= 15 is 0 Å². The first kappa shape index (κ1) is 14.1. The molecule has 1 unspecified atom stereocenters. The second-order valence-electron chi connectivity index (χ2n) is 5.53. The number of carbonyl (C=O) groups excluding carboxylic acids is 2. The van der Waals surface area contributed by atoms with Crippen LogP contribution in [0.5, 0.6) is 0 Å². The van der Waals surface area contributed by atoms with Crippen LogP contribution in [-0.2, 0) is 23.6 Å². The second kappa shape index (κ2) is 4.51. The quantitative estimate of drug-likeness (QED) is 0.758. The van der Waals surface area contributed by atoms with Gasteiger partial charge in [0.25, 0.3) is 11.5 Å². The molecule has 23 heavy (non-hydrogen) atoms. The van der Waals surface area contributed by atoms with Gasteiger partial charge in [-0.3, -0.25) is 14.9 Å². The number of rotatable bonds is 1. The van der Waals surface area contributed by atoms with Gasteiger partial charge in [-0.15, -0.1) is 0 Å². The van der Waals surface area contributed by atoms with Gasteiger partial charge in [0.1, 0.15) is 17.9 Å². The first-order chi connectivity index (χ1) is 11.0. The van der Waals surface area contributed by atoms with E-state index in [1.807, 2.05) is 0 Å². The van der Waals surface area contributed by atoms with Crippen LogP contribution in [0.15, 0.2) is 16.9 Å². The van der Waals surface area contributed by atoms with Crippen LogP contribution in [0.3, 0.4) is 0 Å². The zero-order valence-corrected chi connectivity index (χ0v) is 12.4. The van der Waals surface area contributed by atoms with Crippen LogP contribution < -0.4 is 16.2 Å². The maximum Gasteiger partial charge on any atom is 0.322 e. The maximum absolute atomic E-state index is 13.0. The van der Waals surface area contributed by atoms with Crippen molar-refractivity contribution in [2.75, 3.05) is 0 Å². The molecule has 0 saturated carbocycles. The summed E-state index contributed by atoms with van der Waals surface area (Å²) in [7, 11) is 0. The van der Waals surface area contributed by atoms with Crippen molar-refractivity contribution in [3.05, 3.63) is 38.8 Å². The lowest BCUT2D eigenvalue weighted by molar-refractivity contribution is -0.124. The molecule has 0 aliphatic carbocycles. The number of nitrogens with zero attached hydrogens (tertiary/aromatic N) is 2. The van der Waals surface area contributed by atoms with E-state index in [0.29, 0.717) is 16.6 Å². The third-order valence-corrected chi connectivity index (χ3v) is 4.53. The van der Waals surface area contributed by atoms with Gasteiger partial charge >= 0.3 is 6.03 Å². The Morgan fingerprint density at radius 3 is 2.78 bits per heavy atom. The second-order valence-corrected chi connectivity index (χ2v) is 5.97. The Morgan fingerprint density at radius 1 is 1.35 bits per heavy atom. The molecule has 0 bridgehead atoms. The third-order valence-electron chi connectivity index (χ3n) is 4.31. The molecule has 0 radical (unpaired) electrons. The number of halogens is 2. The highest BCUT2D eigenvalue weighted by atomic mass is 35.5. The number of alkyl halides is 1. The molecule has 1 saturated heterocycles. The Hall–Kier alpha value is -2.48. The van der Waals surface area contributed by atoms with Gasteiger partial charge in [0, 0.05) is 23.6 Å². The van der Waals surface area contributed by atoms with E-state index in [1.54, 1.807) is 0 Å². The number of urea groups is 1. The molecule has 1 spiro atoms. The summed E-state index contributed by atoms with van der Waals surface area (Å²) >= 11 is 6.09. The van der Waals surface area contributed by atoms with Crippen LogP contribution in [0.1, 0.15) is 17.7 Å². The van der Waals surface area contributed by atoms with Crippen LogP contribution in [0.2, 0.25) is 5.02 Å². The van der Waals surface area contributed by atoms with Gasteiger partial charge in [-0.25, -0.2) is 14.2 Å². The number of benzene rings is 1. The highest BCUT2D eigenvalue weighted by molar-refractivity contribution is 6.31. The van der Waals surface area contributed by atoms with E-state index < -0.39 is 29.7 Å². The van der Waals surface area contributed by atoms with E-state index in [-0.39, 0.29) is 23.7 Å². The summed E-state index contributed by atoms with van der Waals surface area (Å²) in [6, 6.07) is 2.43. The molecular formula is C14H10ClFN4O3. The molecule has 3 amide bonds. The largest absolute Gasteiger partial charge is 0.322 e. The molecule has 118 valence electrons. The number of nitrogens with one attached hydrogen (secondary N) is 2. The smallest absolute Gasteiger partial charge is 0.319 e. The number of aromatic nitrogens is 2. The Labute approximate surface area is 133 Å². The lowest BCUT2D eigenvalue weighted by Crippen LogP contribution is -2.48. The zero-order valence-electron chi connectivity index (χ0n) is 11.7. The molecular weight excluding hydrogens is 327 g/mol. The van der Waals surface area contributed by atoms with Crippen LogP contribution in [0.4, 0.5) is 9.18 Å². The SMILES string of the molecule is O=C1NC(=O)C2(CCn3c(=O)c(CF)nc4cc(Cl)cc2c43)N1. The first-order valence-corrected chi connectivity index (χ1v) is 7.27. The molecule has 1 fully saturated rings. The van der Waals surface area contributed by atoms with E-state index in [2.05, 4.69) is 15.6 Å². The maximum atomic E-state index is 13.0. The Kier molecular flexibility index (Phi) is 2.77. The number of aryl methyl sites for hydroxylation is 1. The van der Waals surface area contributed by atoms with Crippen molar-refractivity contribution >= 4 is 34.6 Å². The molecule has 2 aliphatic heterocycles. The predicted molar refractivity (Wildman–Crippen MR) is 78.8 cm³/mol. The van der Waals surface area contributed by atoms with Crippen LogP contribution >= 0.6 is 11.6 Å². The number of hydrogen-bond donors (Lipinski definition) is 2. The molecule has 2 N–H and O–H groups in total. The minimum atomic E-state index is -1.29. The van der Waals surface area contributed by atoms with Gasteiger partial charge in [0.05, 0.1) is 11.0 Å². The van der Waals surface area contributed by atoms with Crippen LogP contribution in [0, 0.1) is 0 Å². The number of fused-ring (bicyclic) bond motifs is 1. The number of hydrogen-bond acceptors (Lipinski definition) is 4. The molecule has 9 heteroatoms. The van der Waals surface area contributed by atoms with E-state index in [1.165, 1.54) is 16.7 Å². The van der Waals surface area contributed by atoms with Gasteiger partial charge in [0.15, 0.2) is 0 Å². The summed E-state index contributed by atoms with van der Waals surface area (Å²) in [5.41, 5.74) is -0.937. The fourth-order valence-electron chi connectivity index (χ4n) is 3.30. The predicted octanol–water partition coefficient (Wildman–Crippen LogP) is 0.958. The number of carbonyl (C=O) groups is 2. The van der Waals surface area contributed by atoms with E-state index in [0.717, 1.165) is 0 Å². The van der Waals surface area contributed by atoms with Gasteiger partial charge < -0.3 is 9.88 Å². The van der Waals surface area contributed by atoms with Crippen molar-refractivity contribution in [1.82, 2.24) is 20.2 Å². The Bertz CT molecular complexity index is 957. The van der Waals surface area contributed by atoms with Gasteiger partial charge in [-0.2, -0.15) is 0 Å². The molecule has 1 atom stereocenters. The van der Waals surface area contributed by atoms with Gasteiger partial charge in [-0.1, -0.05) is 11.6 Å². The van der Waals surface area contributed by atoms with Crippen molar-refractivity contribution in [1.29, 1.82) is 0 Å².